The van der Waals surface area contributed by atoms with Crippen LogP contribution in [0.3, 0.4) is 0 Å². The number of nitrogens with zero attached hydrogens (tertiary/aromatic N) is 3. The molecule has 0 unspecified atom stereocenters. The molecule has 0 atom stereocenters. The van der Waals surface area contributed by atoms with Crippen LogP contribution in [0.2, 0.25) is 0 Å². The van der Waals surface area contributed by atoms with Gasteiger partial charge in [0.15, 0.2) is 0 Å². The lowest BCUT2D eigenvalue weighted by molar-refractivity contribution is -0.124. The number of thioether (sulfide) groups is 1. The van der Waals surface area contributed by atoms with Crippen molar-refractivity contribution < 1.29 is 14.3 Å². The first-order valence-electron chi connectivity index (χ1n) is 10.7. The van der Waals surface area contributed by atoms with Gasteiger partial charge in [-0.3, -0.25) is 19.4 Å². The van der Waals surface area contributed by atoms with E-state index in [9.17, 15) is 9.59 Å². The van der Waals surface area contributed by atoms with Gasteiger partial charge in [0.05, 0.1) is 11.6 Å². The molecule has 0 N–H and O–H groups in total. The first-order valence-corrected chi connectivity index (χ1v) is 11.5. The molecular formula is C25H27N3O3S. The highest BCUT2D eigenvalue weighted by Gasteiger charge is 2.36. The van der Waals surface area contributed by atoms with E-state index in [4.69, 9.17) is 4.74 Å². The Morgan fingerprint density at radius 2 is 1.75 bits per heavy atom. The molecule has 2 saturated heterocycles. The van der Waals surface area contributed by atoms with Crippen molar-refractivity contribution in [1.29, 1.82) is 0 Å². The van der Waals surface area contributed by atoms with Gasteiger partial charge in [-0.15, -0.1) is 0 Å². The number of amides is 2. The summed E-state index contributed by atoms with van der Waals surface area (Å²) < 4.78 is 5.48. The van der Waals surface area contributed by atoms with Crippen molar-refractivity contribution in [3.05, 3.63) is 77.2 Å². The van der Waals surface area contributed by atoms with Crippen molar-refractivity contribution >= 4 is 34.7 Å². The van der Waals surface area contributed by atoms with Gasteiger partial charge in [-0.05, 0) is 54.1 Å². The molecule has 2 aliphatic rings. The van der Waals surface area contributed by atoms with Crippen LogP contribution >= 0.6 is 11.8 Å². The predicted octanol–water partition coefficient (Wildman–Crippen LogP) is 4.38. The zero-order valence-electron chi connectivity index (χ0n) is 18.2. The van der Waals surface area contributed by atoms with Crippen LogP contribution in [0.1, 0.15) is 11.1 Å². The summed E-state index contributed by atoms with van der Waals surface area (Å²) in [5.74, 6) is 0.508. The monoisotopic (exact) mass is 449 g/mol. The van der Waals surface area contributed by atoms with Gasteiger partial charge < -0.3 is 9.64 Å². The Morgan fingerprint density at radius 3 is 2.44 bits per heavy atom. The maximum absolute atomic E-state index is 12.9. The van der Waals surface area contributed by atoms with Crippen LogP contribution in [0.5, 0.6) is 5.75 Å². The summed E-state index contributed by atoms with van der Waals surface area (Å²) in [5, 5.41) is -0.214. The lowest BCUT2D eigenvalue weighted by Crippen LogP contribution is -2.51. The quantitative estimate of drug-likeness (QED) is 0.462. The van der Waals surface area contributed by atoms with Gasteiger partial charge in [0, 0.05) is 31.9 Å². The molecule has 0 bridgehead atoms. The smallest absolute Gasteiger partial charge is 0.294 e. The molecule has 0 aromatic heterocycles. The zero-order chi connectivity index (χ0) is 22.5. The van der Waals surface area contributed by atoms with Gasteiger partial charge in [-0.25, -0.2) is 0 Å². The molecule has 2 amide bonds. The molecule has 2 fully saturated rings. The Kier molecular flexibility index (Phi) is 6.97. The molecule has 2 aliphatic heterocycles. The molecule has 0 radical (unpaired) electrons. The van der Waals surface area contributed by atoms with Gasteiger partial charge >= 0.3 is 0 Å². The number of carbonyl (C=O) groups is 2. The van der Waals surface area contributed by atoms with Crippen LogP contribution in [0.25, 0.3) is 6.08 Å². The molecule has 2 aromatic rings. The Labute approximate surface area is 193 Å². The van der Waals surface area contributed by atoms with Crippen molar-refractivity contribution in [1.82, 2.24) is 9.80 Å². The third-order valence-corrected chi connectivity index (χ3v) is 6.50. The first kappa shape index (κ1) is 22.2. The fourth-order valence-electron chi connectivity index (χ4n) is 3.84. The molecule has 2 heterocycles. The van der Waals surface area contributed by atoms with Crippen molar-refractivity contribution in [3.8, 4) is 5.75 Å². The van der Waals surface area contributed by atoms with Gasteiger partial charge in [0.1, 0.15) is 12.4 Å². The topological polar surface area (TPSA) is 53.1 Å². The third kappa shape index (κ3) is 5.06. The fraction of sp³-hybridized carbons (Fsp3) is 0.280. The summed E-state index contributed by atoms with van der Waals surface area (Å²) in [5.41, 5.74) is 3.37. The maximum atomic E-state index is 12.9. The minimum absolute atomic E-state index is 0.214. The van der Waals surface area contributed by atoms with E-state index < -0.39 is 0 Å². The highest BCUT2D eigenvalue weighted by molar-refractivity contribution is 8.18. The average molecular weight is 450 g/mol. The van der Waals surface area contributed by atoms with Crippen LogP contribution in [0.15, 0.2) is 66.1 Å². The highest BCUT2D eigenvalue weighted by atomic mass is 32.2. The van der Waals surface area contributed by atoms with E-state index in [1.165, 1.54) is 16.2 Å². The average Bonchev–Trinajstić information content (AvgIpc) is 3.07. The molecule has 6 nitrogen and oxygen atoms in total. The lowest BCUT2D eigenvalue weighted by atomic mass is 10.1. The highest BCUT2D eigenvalue weighted by Crippen LogP contribution is 2.33. The number of hydrogen-bond donors (Lipinski definition) is 0. The lowest BCUT2D eigenvalue weighted by Gasteiger charge is -2.37. The van der Waals surface area contributed by atoms with Crippen molar-refractivity contribution in [2.75, 3.05) is 44.4 Å². The predicted molar refractivity (Wildman–Crippen MR) is 130 cm³/mol. The van der Waals surface area contributed by atoms with Crippen molar-refractivity contribution in [2.24, 2.45) is 0 Å². The Balaban J connectivity index is 1.35. The normalized spacial score (nSPS) is 18.5. The summed E-state index contributed by atoms with van der Waals surface area (Å²) in [7, 11) is 0. The van der Waals surface area contributed by atoms with E-state index in [1.54, 1.807) is 12.2 Å². The number of rotatable bonds is 7. The Hall–Kier alpha value is -3.03. The molecule has 4 rings (SSSR count). The number of piperazine rings is 1. The zero-order valence-corrected chi connectivity index (χ0v) is 19.0. The van der Waals surface area contributed by atoms with Crippen LogP contribution < -0.4 is 9.64 Å². The summed E-state index contributed by atoms with van der Waals surface area (Å²) in [6.07, 6.45) is 3.45. The second kappa shape index (κ2) is 10.1. The van der Waals surface area contributed by atoms with E-state index in [2.05, 4.69) is 41.5 Å². The second-order valence-electron chi connectivity index (χ2n) is 7.81. The fourth-order valence-corrected chi connectivity index (χ4v) is 4.67. The Morgan fingerprint density at radius 1 is 1.03 bits per heavy atom. The molecular weight excluding hydrogens is 422 g/mol. The number of anilines is 1. The number of carbonyl (C=O) groups excluding carboxylic acids is 2. The molecule has 32 heavy (non-hydrogen) atoms. The summed E-state index contributed by atoms with van der Waals surface area (Å²) in [4.78, 5) is 31.7. The van der Waals surface area contributed by atoms with E-state index in [1.807, 2.05) is 30.3 Å². The van der Waals surface area contributed by atoms with Crippen molar-refractivity contribution in [2.45, 2.75) is 6.92 Å². The van der Waals surface area contributed by atoms with E-state index in [-0.39, 0.29) is 11.1 Å². The number of ether oxygens (including phenoxy) is 1. The third-order valence-electron chi connectivity index (χ3n) is 5.59. The minimum atomic E-state index is -0.228. The molecule has 2 aromatic carbocycles. The Bertz CT molecular complexity index is 1030. The van der Waals surface area contributed by atoms with Crippen LogP contribution in [0.4, 0.5) is 10.5 Å². The molecule has 0 aliphatic carbocycles. The van der Waals surface area contributed by atoms with Crippen LogP contribution in [0, 0.1) is 6.92 Å². The largest absolute Gasteiger partial charge is 0.490 e. The van der Waals surface area contributed by atoms with E-state index in [0.717, 1.165) is 49.3 Å². The van der Waals surface area contributed by atoms with Crippen molar-refractivity contribution in [3.63, 3.8) is 0 Å². The number of hydrogen-bond acceptors (Lipinski definition) is 6. The molecule has 0 saturated carbocycles. The van der Waals surface area contributed by atoms with Gasteiger partial charge in [0.25, 0.3) is 11.1 Å². The number of para-hydroxylation sites is 1. The van der Waals surface area contributed by atoms with Gasteiger partial charge in [-0.1, -0.05) is 43.0 Å². The number of benzene rings is 2. The number of imide groups is 1. The number of aryl methyl sites for hydroxylation is 1. The SMILES string of the molecule is C=CCOc1ccc(C=C2SC(=O)N(CN3CCN(c4ccccc4C)CC3)C2=O)cc1. The summed E-state index contributed by atoms with van der Waals surface area (Å²) >= 11 is 1.000. The van der Waals surface area contributed by atoms with E-state index >= 15 is 0 Å². The first-order chi connectivity index (χ1) is 15.5. The summed E-state index contributed by atoms with van der Waals surface area (Å²) in [6.45, 7) is 9.88. The van der Waals surface area contributed by atoms with Crippen LogP contribution in [-0.2, 0) is 4.79 Å². The molecule has 7 heteroatoms. The maximum Gasteiger partial charge on any atom is 0.294 e. The summed E-state index contributed by atoms with van der Waals surface area (Å²) in [6, 6.07) is 15.8. The van der Waals surface area contributed by atoms with E-state index in [0.29, 0.717) is 18.2 Å². The standard InChI is InChI=1S/C25H27N3O3S/c1-3-16-31-21-10-8-20(9-11-21)17-23-24(29)28(25(30)32-23)18-26-12-14-27(15-13-26)22-7-5-4-6-19(22)2/h3-11,17H,1,12-16,18H2,2H3. The van der Waals surface area contributed by atoms with Gasteiger partial charge in [-0.2, -0.15) is 0 Å². The van der Waals surface area contributed by atoms with Crippen LogP contribution in [-0.4, -0.2) is 60.4 Å². The van der Waals surface area contributed by atoms with Gasteiger partial charge in [0.2, 0.25) is 0 Å². The molecule has 0 spiro atoms. The molecule has 166 valence electrons. The second-order valence-corrected chi connectivity index (χ2v) is 8.80. The minimum Gasteiger partial charge on any atom is -0.490 e.